The normalized spacial score (nSPS) is 18.6. The van der Waals surface area contributed by atoms with E-state index in [0.29, 0.717) is 18.4 Å². The lowest BCUT2D eigenvalue weighted by Gasteiger charge is -2.20. The molecule has 0 bridgehead atoms. The van der Waals surface area contributed by atoms with Crippen LogP contribution in [0.3, 0.4) is 0 Å². The highest BCUT2D eigenvalue weighted by atomic mass is 19.1. The highest BCUT2D eigenvalue weighted by Crippen LogP contribution is 2.49. The number of alkyl carbamates (subject to hydrolysis) is 1. The van der Waals surface area contributed by atoms with E-state index in [1.807, 2.05) is 6.20 Å². The second-order valence-corrected chi connectivity index (χ2v) is 6.70. The number of amides is 1. The Hall–Kier alpha value is -2.08. The molecule has 0 aliphatic heterocycles. The molecule has 3 rings (SSSR count). The average Bonchev–Trinajstić information content (AvgIpc) is 3.25. The van der Waals surface area contributed by atoms with Crippen LogP contribution in [0.5, 0.6) is 0 Å². The summed E-state index contributed by atoms with van der Waals surface area (Å²) in [4.78, 5) is 16.7. The van der Waals surface area contributed by atoms with Crippen molar-refractivity contribution in [2.75, 3.05) is 33.3 Å². The minimum atomic E-state index is -0.378. The third kappa shape index (κ3) is 4.75. The molecule has 1 aliphatic carbocycles. The smallest absolute Gasteiger partial charge is 0.406 e. The van der Waals surface area contributed by atoms with Crippen LogP contribution in [0.2, 0.25) is 0 Å². The van der Waals surface area contributed by atoms with Gasteiger partial charge in [-0.2, -0.15) is 0 Å². The number of halogens is 1. The number of ether oxygens (including phenoxy) is 1. The quantitative estimate of drug-likeness (QED) is 0.694. The van der Waals surface area contributed by atoms with Gasteiger partial charge in [0, 0.05) is 30.2 Å². The van der Waals surface area contributed by atoms with E-state index in [1.54, 1.807) is 12.1 Å². The molecular formula is C20H30FN3O2. The van der Waals surface area contributed by atoms with E-state index in [1.165, 1.54) is 18.7 Å². The first-order chi connectivity index (χ1) is 12.1. The van der Waals surface area contributed by atoms with Crippen LogP contribution in [0.25, 0.3) is 10.9 Å². The number of aromatic nitrogens is 1. The molecule has 2 atom stereocenters. The van der Waals surface area contributed by atoms with E-state index in [2.05, 4.69) is 26.9 Å². The number of nitrogens with zero attached hydrogens (tertiary/aromatic N) is 1. The molecule has 2 aromatic rings. The maximum Gasteiger partial charge on any atom is 0.406 e. The number of methoxy groups -OCH3 is 1. The zero-order chi connectivity index (χ0) is 17.8. The lowest BCUT2D eigenvalue weighted by atomic mass is 10.1. The number of hydrogen-bond donors (Lipinski definition) is 2. The molecule has 2 unspecified atom stereocenters. The van der Waals surface area contributed by atoms with Crippen LogP contribution in [-0.2, 0) is 4.74 Å². The SMILES string of the molecule is C.CCN(CCCNC(=O)OC)CC1CC1c1c[nH]c2ccc(F)cc12. The second kappa shape index (κ2) is 9.03. The summed E-state index contributed by atoms with van der Waals surface area (Å²) in [6, 6.07) is 4.93. The summed E-state index contributed by atoms with van der Waals surface area (Å²) in [7, 11) is 1.37. The topological polar surface area (TPSA) is 57.4 Å². The number of nitrogens with one attached hydrogen (secondary N) is 2. The molecule has 1 saturated carbocycles. The highest BCUT2D eigenvalue weighted by molar-refractivity contribution is 5.84. The van der Waals surface area contributed by atoms with Gasteiger partial charge in [-0.05, 0) is 61.5 Å². The van der Waals surface area contributed by atoms with Crippen molar-refractivity contribution in [3.05, 3.63) is 35.8 Å². The van der Waals surface area contributed by atoms with Crippen molar-refractivity contribution >= 4 is 17.0 Å². The van der Waals surface area contributed by atoms with Crippen molar-refractivity contribution in [1.82, 2.24) is 15.2 Å². The van der Waals surface area contributed by atoms with E-state index >= 15 is 0 Å². The summed E-state index contributed by atoms with van der Waals surface area (Å²) in [5.41, 5.74) is 2.24. The monoisotopic (exact) mass is 363 g/mol. The Morgan fingerprint density at radius 2 is 2.27 bits per heavy atom. The predicted octanol–water partition coefficient (Wildman–Crippen LogP) is 4.11. The van der Waals surface area contributed by atoms with Gasteiger partial charge >= 0.3 is 6.09 Å². The Kier molecular flexibility index (Phi) is 7.03. The number of rotatable bonds is 8. The molecule has 5 nitrogen and oxygen atoms in total. The minimum absolute atomic E-state index is 0. The van der Waals surface area contributed by atoms with Gasteiger partial charge in [-0.3, -0.25) is 0 Å². The van der Waals surface area contributed by atoms with E-state index in [4.69, 9.17) is 0 Å². The molecule has 0 spiro atoms. The van der Waals surface area contributed by atoms with Crippen LogP contribution in [0.1, 0.15) is 38.7 Å². The molecule has 1 amide bonds. The average molecular weight is 363 g/mol. The van der Waals surface area contributed by atoms with Gasteiger partial charge in [-0.1, -0.05) is 14.4 Å². The third-order valence-corrected chi connectivity index (χ3v) is 5.04. The third-order valence-electron chi connectivity index (χ3n) is 5.04. The number of aromatic amines is 1. The summed E-state index contributed by atoms with van der Waals surface area (Å²) in [5.74, 6) is 0.951. The first kappa shape index (κ1) is 20.2. The minimum Gasteiger partial charge on any atom is -0.453 e. The summed E-state index contributed by atoms with van der Waals surface area (Å²) in [6.45, 7) is 5.77. The number of H-pyrrole nitrogens is 1. The fourth-order valence-corrected chi connectivity index (χ4v) is 3.53. The fourth-order valence-electron chi connectivity index (χ4n) is 3.53. The van der Waals surface area contributed by atoms with Gasteiger partial charge in [0.05, 0.1) is 7.11 Å². The number of carbonyl (C=O) groups excluding carboxylic acids is 1. The van der Waals surface area contributed by atoms with Crippen molar-refractivity contribution in [3.63, 3.8) is 0 Å². The van der Waals surface area contributed by atoms with E-state index in [9.17, 15) is 9.18 Å². The maximum absolute atomic E-state index is 13.5. The summed E-state index contributed by atoms with van der Waals surface area (Å²) in [6.07, 6.45) is 3.71. The van der Waals surface area contributed by atoms with Gasteiger partial charge in [0.25, 0.3) is 0 Å². The molecule has 26 heavy (non-hydrogen) atoms. The summed E-state index contributed by atoms with van der Waals surface area (Å²) < 4.78 is 18.1. The molecule has 1 fully saturated rings. The van der Waals surface area contributed by atoms with E-state index < -0.39 is 0 Å². The van der Waals surface area contributed by atoms with Crippen LogP contribution in [0, 0.1) is 11.7 Å². The maximum atomic E-state index is 13.5. The highest BCUT2D eigenvalue weighted by Gasteiger charge is 2.40. The molecule has 1 aromatic heterocycles. The van der Waals surface area contributed by atoms with Gasteiger partial charge in [0.15, 0.2) is 0 Å². The lowest BCUT2D eigenvalue weighted by Crippen LogP contribution is -2.31. The zero-order valence-corrected chi connectivity index (χ0v) is 14.8. The number of carbonyl (C=O) groups is 1. The van der Waals surface area contributed by atoms with Crippen molar-refractivity contribution in [1.29, 1.82) is 0 Å². The predicted molar refractivity (Wildman–Crippen MR) is 103 cm³/mol. The summed E-state index contributed by atoms with van der Waals surface area (Å²) >= 11 is 0. The molecule has 1 aromatic carbocycles. The Balaban J connectivity index is 0.00000243. The standard InChI is InChI=1S/C19H26FN3O2.CH4/c1-3-23(8-4-7-21-19(24)25-2)12-13-9-15(13)17-11-22-18-6-5-14(20)10-16(17)18;/h5-6,10-11,13,15,22H,3-4,7-9,12H2,1-2H3,(H,21,24);1H4. The van der Waals surface area contributed by atoms with Gasteiger partial charge in [0.1, 0.15) is 5.82 Å². The Morgan fingerprint density at radius 3 is 3.00 bits per heavy atom. The van der Waals surface area contributed by atoms with Crippen LogP contribution in [-0.4, -0.2) is 49.3 Å². The van der Waals surface area contributed by atoms with Gasteiger partial charge in [0.2, 0.25) is 0 Å². The first-order valence-corrected chi connectivity index (χ1v) is 8.93. The van der Waals surface area contributed by atoms with Gasteiger partial charge in [-0.15, -0.1) is 0 Å². The fraction of sp³-hybridized carbons (Fsp3) is 0.550. The molecule has 1 aliphatic rings. The summed E-state index contributed by atoms with van der Waals surface area (Å²) in [5, 5.41) is 3.72. The molecule has 2 N–H and O–H groups in total. The van der Waals surface area contributed by atoms with Gasteiger partial charge < -0.3 is 19.9 Å². The van der Waals surface area contributed by atoms with Crippen LogP contribution in [0.4, 0.5) is 9.18 Å². The largest absolute Gasteiger partial charge is 0.453 e. The van der Waals surface area contributed by atoms with E-state index in [0.717, 1.165) is 43.4 Å². The Bertz CT molecular complexity index is 731. The Morgan fingerprint density at radius 1 is 1.46 bits per heavy atom. The molecule has 0 radical (unpaired) electrons. The molecule has 6 heteroatoms. The molecule has 144 valence electrons. The van der Waals surface area contributed by atoms with Crippen LogP contribution < -0.4 is 5.32 Å². The Labute approximate surface area is 154 Å². The van der Waals surface area contributed by atoms with E-state index in [-0.39, 0.29) is 19.3 Å². The van der Waals surface area contributed by atoms with Crippen molar-refractivity contribution < 1.29 is 13.9 Å². The number of benzene rings is 1. The molecular weight excluding hydrogens is 333 g/mol. The van der Waals surface area contributed by atoms with Gasteiger partial charge in [-0.25, -0.2) is 9.18 Å². The number of fused-ring (bicyclic) bond motifs is 1. The van der Waals surface area contributed by atoms with Crippen molar-refractivity contribution in [2.45, 2.75) is 33.1 Å². The van der Waals surface area contributed by atoms with Crippen LogP contribution >= 0.6 is 0 Å². The zero-order valence-electron chi connectivity index (χ0n) is 14.8. The van der Waals surface area contributed by atoms with Crippen LogP contribution in [0.15, 0.2) is 24.4 Å². The second-order valence-electron chi connectivity index (χ2n) is 6.70. The molecule has 1 heterocycles. The lowest BCUT2D eigenvalue weighted by molar-refractivity contribution is 0.170. The molecule has 0 saturated heterocycles. The van der Waals surface area contributed by atoms with Crippen molar-refractivity contribution in [2.24, 2.45) is 5.92 Å². The number of hydrogen-bond acceptors (Lipinski definition) is 3. The van der Waals surface area contributed by atoms with Crippen molar-refractivity contribution in [3.8, 4) is 0 Å². The first-order valence-electron chi connectivity index (χ1n) is 8.93.